The fourth-order valence-corrected chi connectivity index (χ4v) is 2.16. The van der Waals surface area contributed by atoms with E-state index in [9.17, 15) is 4.79 Å². The van der Waals surface area contributed by atoms with Crippen LogP contribution in [0.15, 0.2) is 4.99 Å². The Bertz CT molecular complexity index is 342. The lowest BCUT2D eigenvalue weighted by Crippen LogP contribution is -2.46. The summed E-state index contributed by atoms with van der Waals surface area (Å²) in [7, 11) is 1.72. The molecule has 0 aromatic rings. The second kappa shape index (κ2) is 10.2. The van der Waals surface area contributed by atoms with Gasteiger partial charge in [-0.05, 0) is 33.6 Å². The Kier molecular flexibility index (Phi) is 9.93. The minimum atomic E-state index is -0.105. The number of halogens is 1. The summed E-state index contributed by atoms with van der Waals surface area (Å²) in [5, 5.41) is 9.24. The number of ether oxygens (including phenoxy) is 1. The molecular formula is C14H29IN4O2. The number of amides is 1. The van der Waals surface area contributed by atoms with Crippen LogP contribution in [0.1, 0.15) is 40.0 Å². The standard InChI is InChI=1S/C14H28N4O2.HI/c1-11(2)18-12(19)6-8-16-13(15-4)17-10-14(3)7-5-9-20-14;/h11H,5-10H2,1-4H3,(H,18,19)(H2,15,16,17);1H. The molecule has 0 bridgehead atoms. The van der Waals surface area contributed by atoms with Crippen LogP contribution in [0.3, 0.4) is 0 Å². The highest BCUT2D eigenvalue weighted by molar-refractivity contribution is 14.0. The third-order valence-electron chi connectivity index (χ3n) is 3.25. The summed E-state index contributed by atoms with van der Waals surface area (Å²) < 4.78 is 5.71. The molecule has 1 rings (SSSR count). The molecule has 1 fully saturated rings. The molecule has 0 spiro atoms. The van der Waals surface area contributed by atoms with E-state index in [1.54, 1.807) is 7.05 Å². The summed E-state index contributed by atoms with van der Waals surface area (Å²) in [4.78, 5) is 15.7. The monoisotopic (exact) mass is 412 g/mol. The predicted octanol–water partition coefficient (Wildman–Crippen LogP) is 1.25. The molecule has 1 saturated heterocycles. The first-order valence-corrected chi connectivity index (χ1v) is 7.33. The van der Waals surface area contributed by atoms with Crippen molar-refractivity contribution in [2.45, 2.75) is 51.7 Å². The molecule has 7 heteroatoms. The van der Waals surface area contributed by atoms with Crippen molar-refractivity contribution in [1.29, 1.82) is 0 Å². The van der Waals surface area contributed by atoms with Crippen LogP contribution in [0.2, 0.25) is 0 Å². The molecule has 1 atom stereocenters. The molecule has 0 aromatic heterocycles. The van der Waals surface area contributed by atoms with E-state index in [-0.39, 0.29) is 41.5 Å². The molecule has 1 aliphatic heterocycles. The molecule has 124 valence electrons. The first-order chi connectivity index (χ1) is 9.45. The van der Waals surface area contributed by atoms with Gasteiger partial charge in [0.1, 0.15) is 0 Å². The lowest BCUT2D eigenvalue weighted by molar-refractivity contribution is -0.121. The smallest absolute Gasteiger partial charge is 0.221 e. The zero-order valence-corrected chi connectivity index (χ0v) is 15.8. The average molecular weight is 412 g/mol. The zero-order valence-electron chi connectivity index (χ0n) is 13.5. The van der Waals surface area contributed by atoms with E-state index >= 15 is 0 Å². The Morgan fingerprint density at radius 3 is 2.62 bits per heavy atom. The highest BCUT2D eigenvalue weighted by Gasteiger charge is 2.29. The lowest BCUT2D eigenvalue weighted by Gasteiger charge is -2.24. The number of hydrogen-bond acceptors (Lipinski definition) is 3. The predicted molar refractivity (Wildman–Crippen MR) is 96.3 cm³/mol. The van der Waals surface area contributed by atoms with E-state index in [1.807, 2.05) is 13.8 Å². The summed E-state index contributed by atoms with van der Waals surface area (Å²) in [6.45, 7) is 8.14. The van der Waals surface area contributed by atoms with Gasteiger partial charge >= 0.3 is 0 Å². The van der Waals surface area contributed by atoms with Gasteiger partial charge in [0.25, 0.3) is 0 Å². The van der Waals surface area contributed by atoms with E-state index < -0.39 is 0 Å². The maximum atomic E-state index is 11.5. The minimum absolute atomic E-state index is 0. The van der Waals surface area contributed by atoms with Crippen LogP contribution in [0.4, 0.5) is 0 Å². The number of carbonyl (C=O) groups is 1. The number of rotatable bonds is 6. The number of nitrogens with zero attached hydrogens (tertiary/aromatic N) is 1. The van der Waals surface area contributed by atoms with Gasteiger partial charge in [-0.3, -0.25) is 9.79 Å². The van der Waals surface area contributed by atoms with Crippen LogP contribution in [-0.2, 0) is 9.53 Å². The first-order valence-electron chi connectivity index (χ1n) is 7.33. The second-order valence-electron chi connectivity index (χ2n) is 5.73. The Balaban J connectivity index is 0.00000400. The summed E-state index contributed by atoms with van der Waals surface area (Å²) >= 11 is 0. The van der Waals surface area contributed by atoms with Gasteiger partial charge in [-0.15, -0.1) is 24.0 Å². The lowest BCUT2D eigenvalue weighted by atomic mass is 10.0. The Hall–Kier alpha value is -0.570. The molecule has 0 saturated carbocycles. The summed E-state index contributed by atoms with van der Waals surface area (Å²) in [5.41, 5.74) is -0.105. The van der Waals surface area contributed by atoms with Gasteiger partial charge in [0.05, 0.1) is 5.60 Å². The average Bonchev–Trinajstić information content (AvgIpc) is 2.80. The molecule has 1 aliphatic rings. The minimum Gasteiger partial charge on any atom is -0.373 e. The van der Waals surface area contributed by atoms with Crippen LogP contribution in [-0.4, -0.2) is 50.3 Å². The van der Waals surface area contributed by atoms with Gasteiger partial charge in [-0.25, -0.2) is 0 Å². The van der Waals surface area contributed by atoms with Gasteiger partial charge in [-0.2, -0.15) is 0 Å². The molecule has 1 amide bonds. The van der Waals surface area contributed by atoms with Crippen molar-refractivity contribution in [1.82, 2.24) is 16.0 Å². The van der Waals surface area contributed by atoms with Gasteiger partial charge in [-0.1, -0.05) is 0 Å². The summed E-state index contributed by atoms with van der Waals surface area (Å²) in [5.74, 6) is 0.758. The van der Waals surface area contributed by atoms with Crippen molar-refractivity contribution in [2.75, 3.05) is 26.7 Å². The topological polar surface area (TPSA) is 74.8 Å². The number of carbonyl (C=O) groups excluding carboxylic acids is 1. The third kappa shape index (κ3) is 8.45. The largest absolute Gasteiger partial charge is 0.373 e. The Labute approximate surface area is 144 Å². The van der Waals surface area contributed by atoms with Crippen LogP contribution in [0, 0.1) is 0 Å². The molecule has 21 heavy (non-hydrogen) atoms. The molecule has 3 N–H and O–H groups in total. The van der Waals surface area contributed by atoms with Crippen molar-refractivity contribution in [2.24, 2.45) is 4.99 Å². The number of nitrogens with one attached hydrogen (secondary N) is 3. The maximum absolute atomic E-state index is 11.5. The van der Waals surface area contributed by atoms with Crippen molar-refractivity contribution in [3.05, 3.63) is 0 Å². The first kappa shape index (κ1) is 20.4. The number of guanidine groups is 1. The molecule has 0 aromatic carbocycles. The van der Waals surface area contributed by atoms with Crippen molar-refractivity contribution >= 4 is 35.8 Å². The molecular weight excluding hydrogens is 383 g/mol. The van der Waals surface area contributed by atoms with E-state index in [0.717, 1.165) is 26.0 Å². The molecule has 1 unspecified atom stereocenters. The molecule has 0 radical (unpaired) electrons. The Morgan fingerprint density at radius 2 is 2.10 bits per heavy atom. The maximum Gasteiger partial charge on any atom is 0.221 e. The van der Waals surface area contributed by atoms with Gasteiger partial charge in [0.15, 0.2) is 5.96 Å². The third-order valence-corrected chi connectivity index (χ3v) is 3.25. The van der Waals surface area contributed by atoms with E-state index in [0.29, 0.717) is 18.9 Å². The zero-order chi connectivity index (χ0) is 15.0. The highest BCUT2D eigenvalue weighted by Crippen LogP contribution is 2.23. The Morgan fingerprint density at radius 1 is 1.38 bits per heavy atom. The molecule has 6 nitrogen and oxygen atoms in total. The quantitative estimate of drug-likeness (QED) is 0.349. The number of hydrogen-bond donors (Lipinski definition) is 3. The normalized spacial score (nSPS) is 21.9. The van der Waals surface area contributed by atoms with Gasteiger partial charge in [0, 0.05) is 39.2 Å². The second-order valence-corrected chi connectivity index (χ2v) is 5.73. The van der Waals surface area contributed by atoms with Crippen molar-refractivity contribution in [3.63, 3.8) is 0 Å². The SMILES string of the molecule is CN=C(NCCC(=O)NC(C)C)NCC1(C)CCCO1.I. The van der Waals surface area contributed by atoms with Crippen LogP contribution in [0.5, 0.6) is 0 Å². The highest BCUT2D eigenvalue weighted by atomic mass is 127. The molecule has 0 aliphatic carbocycles. The van der Waals surface area contributed by atoms with E-state index in [2.05, 4.69) is 27.9 Å². The van der Waals surface area contributed by atoms with E-state index in [1.165, 1.54) is 0 Å². The van der Waals surface area contributed by atoms with Crippen LogP contribution < -0.4 is 16.0 Å². The number of aliphatic imine (C=N–C) groups is 1. The fourth-order valence-electron chi connectivity index (χ4n) is 2.16. The van der Waals surface area contributed by atoms with Gasteiger partial charge in [0.2, 0.25) is 5.91 Å². The van der Waals surface area contributed by atoms with Crippen LogP contribution in [0.25, 0.3) is 0 Å². The summed E-state index contributed by atoms with van der Waals surface area (Å²) in [6.07, 6.45) is 2.61. The van der Waals surface area contributed by atoms with E-state index in [4.69, 9.17) is 4.74 Å². The van der Waals surface area contributed by atoms with Crippen molar-refractivity contribution < 1.29 is 9.53 Å². The van der Waals surface area contributed by atoms with Gasteiger partial charge < -0.3 is 20.7 Å². The fraction of sp³-hybridized carbons (Fsp3) is 0.857. The molecule has 1 heterocycles. The summed E-state index contributed by atoms with van der Waals surface area (Å²) in [6, 6.07) is 0.180. The van der Waals surface area contributed by atoms with Crippen LogP contribution >= 0.6 is 24.0 Å². The van der Waals surface area contributed by atoms with Crippen molar-refractivity contribution in [3.8, 4) is 0 Å².